The summed E-state index contributed by atoms with van der Waals surface area (Å²) in [6, 6.07) is 5.68. The molecule has 2 unspecified atom stereocenters. The Kier molecular flexibility index (Phi) is 3.11. The number of hydrogen-bond donors (Lipinski definition) is 2. The Balaban J connectivity index is 1.60. The van der Waals surface area contributed by atoms with Crippen LogP contribution in [0.15, 0.2) is 18.2 Å². The highest BCUT2D eigenvalue weighted by Gasteiger charge is 2.60. The third-order valence-electron chi connectivity index (χ3n) is 5.88. The average Bonchev–Trinajstić information content (AvgIpc) is 2.39. The number of hydrogen-bond acceptors (Lipinski definition) is 2. The van der Waals surface area contributed by atoms with Crippen LogP contribution >= 0.6 is 11.6 Å². The summed E-state index contributed by atoms with van der Waals surface area (Å²) < 4.78 is 0. The van der Waals surface area contributed by atoms with Crippen molar-refractivity contribution in [3.63, 3.8) is 0 Å². The van der Waals surface area contributed by atoms with E-state index in [-0.39, 0.29) is 5.91 Å². The molecule has 1 aromatic rings. The monoisotopic (exact) mass is 319 g/mol. The maximum Gasteiger partial charge on any atom is 0.230 e. The number of halogens is 1. The molecule has 4 aliphatic carbocycles. The van der Waals surface area contributed by atoms with Crippen molar-refractivity contribution < 1.29 is 9.90 Å². The van der Waals surface area contributed by atoms with Crippen LogP contribution in [0.2, 0.25) is 5.02 Å². The van der Waals surface area contributed by atoms with Crippen LogP contribution in [0.4, 0.5) is 5.69 Å². The number of rotatable bonds is 2. The molecule has 1 amide bonds. The van der Waals surface area contributed by atoms with Crippen molar-refractivity contribution >= 4 is 23.2 Å². The van der Waals surface area contributed by atoms with E-state index in [0.717, 1.165) is 31.2 Å². The minimum Gasteiger partial charge on any atom is -0.390 e. The number of nitrogens with one attached hydrogen (secondary N) is 1. The quantitative estimate of drug-likeness (QED) is 0.868. The Bertz CT molecular complexity index is 628. The minimum absolute atomic E-state index is 0.0470. The predicted molar refractivity (Wildman–Crippen MR) is 86.9 cm³/mol. The summed E-state index contributed by atoms with van der Waals surface area (Å²) >= 11 is 6.24. The highest BCUT2D eigenvalue weighted by atomic mass is 35.5. The SMILES string of the molecule is Cc1ccc(NC(=O)C23C[C@@H]4C[C@@H](CC(O)(C4)C2)C3)c(Cl)c1. The lowest BCUT2D eigenvalue weighted by molar-refractivity contribution is -0.174. The molecule has 0 saturated heterocycles. The van der Waals surface area contributed by atoms with Gasteiger partial charge in [0, 0.05) is 0 Å². The lowest BCUT2D eigenvalue weighted by Gasteiger charge is -2.59. The zero-order valence-corrected chi connectivity index (χ0v) is 13.6. The molecule has 4 saturated carbocycles. The van der Waals surface area contributed by atoms with Gasteiger partial charge in [-0.15, -0.1) is 0 Å². The van der Waals surface area contributed by atoms with E-state index in [4.69, 9.17) is 11.6 Å². The summed E-state index contributed by atoms with van der Waals surface area (Å²) in [5.74, 6) is 1.06. The Morgan fingerprint density at radius 3 is 2.55 bits per heavy atom. The first kappa shape index (κ1) is 14.5. The second-order valence-corrected chi connectivity index (χ2v) is 8.31. The van der Waals surface area contributed by atoms with Gasteiger partial charge in [0.1, 0.15) is 0 Å². The largest absolute Gasteiger partial charge is 0.390 e. The molecule has 4 aliphatic rings. The molecule has 4 bridgehead atoms. The highest BCUT2D eigenvalue weighted by Crippen LogP contribution is 2.61. The van der Waals surface area contributed by atoms with Crippen LogP contribution in [-0.4, -0.2) is 16.6 Å². The number of anilines is 1. The molecule has 4 atom stereocenters. The predicted octanol–water partition coefficient (Wildman–Crippen LogP) is 3.92. The Labute approximate surface area is 136 Å². The topological polar surface area (TPSA) is 49.3 Å². The normalized spacial score (nSPS) is 39.0. The Hall–Kier alpha value is -1.06. The van der Waals surface area contributed by atoms with Gasteiger partial charge in [0.2, 0.25) is 5.91 Å². The van der Waals surface area contributed by atoms with Gasteiger partial charge in [-0.2, -0.15) is 0 Å². The van der Waals surface area contributed by atoms with Gasteiger partial charge in [-0.05, 0) is 75.0 Å². The van der Waals surface area contributed by atoms with E-state index in [0.29, 0.717) is 29.0 Å². The third-order valence-corrected chi connectivity index (χ3v) is 6.20. The highest BCUT2D eigenvalue weighted by molar-refractivity contribution is 6.33. The number of carbonyl (C=O) groups excluding carboxylic acids is 1. The van der Waals surface area contributed by atoms with Crippen LogP contribution in [0.1, 0.15) is 44.1 Å². The van der Waals surface area contributed by atoms with Crippen molar-refractivity contribution in [1.82, 2.24) is 0 Å². The fourth-order valence-corrected chi connectivity index (χ4v) is 5.74. The first-order valence-corrected chi connectivity index (χ1v) is 8.55. The summed E-state index contributed by atoms with van der Waals surface area (Å²) in [6.45, 7) is 1.98. The zero-order chi connectivity index (χ0) is 15.5. The fraction of sp³-hybridized carbons (Fsp3) is 0.611. The minimum atomic E-state index is -0.613. The molecule has 4 heteroatoms. The first-order chi connectivity index (χ1) is 10.4. The van der Waals surface area contributed by atoms with Gasteiger partial charge >= 0.3 is 0 Å². The van der Waals surface area contributed by atoms with E-state index < -0.39 is 11.0 Å². The van der Waals surface area contributed by atoms with Gasteiger partial charge in [-0.25, -0.2) is 0 Å². The van der Waals surface area contributed by atoms with E-state index in [1.54, 1.807) is 0 Å². The van der Waals surface area contributed by atoms with Crippen LogP contribution in [0, 0.1) is 24.2 Å². The standard InChI is InChI=1S/C18H22ClNO2/c1-11-2-3-15(14(19)4-11)20-16(21)17-6-12-5-13(7-17)9-18(22,8-12)10-17/h2-4,12-13,22H,5-10H2,1H3,(H,20,21)/t12-,13+,17?,18?. The van der Waals surface area contributed by atoms with E-state index >= 15 is 0 Å². The van der Waals surface area contributed by atoms with E-state index in [2.05, 4.69) is 5.32 Å². The second kappa shape index (κ2) is 4.72. The maximum absolute atomic E-state index is 13.0. The van der Waals surface area contributed by atoms with Crippen molar-refractivity contribution in [2.45, 2.75) is 51.0 Å². The van der Waals surface area contributed by atoms with Gasteiger partial charge in [0.05, 0.1) is 21.7 Å². The van der Waals surface area contributed by atoms with Gasteiger partial charge in [-0.3, -0.25) is 4.79 Å². The zero-order valence-electron chi connectivity index (χ0n) is 12.9. The third kappa shape index (κ3) is 2.26. The van der Waals surface area contributed by atoms with Crippen molar-refractivity contribution in [3.05, 3.63) is 28.8 Å². The van der Waals surface area contributed by atoms with Crippen LogP contribution in [0.25, 0.3) is 0 Å². The molecule has 0 spiro atoms. The summed E-state index contributed by atoms with van der Waals surface area (Å²) in [5, 5.41) is 14.4. The average molecular weight is 320 g/mol. The van der Waals surface area contributed by atoms with E-state index in [1.165, 1.54) is 6.42 Å². The smallest absolute Gasteiger partial charge is 0.230 e. The molecule has 0 heterocycles. The Morgan fingerprint density at radius 1 is 1.27 bits per heavy atom. The Morgan fingerprint density at radius 2 is 1.95 bits per heavy atom. The number of amides is 1. The molecule has 0 aromatic heterocycles. The molecule has 118 valence electrons. The maximum atomic E-state index is 13.0. The molecule has 3 nitrogen and oxygen atoms in total. The molecule has 0 aliphatic heterocycles. The summed E-state index contributed by atoms with van der Waals surface area (Å²) in [4.78, 5) is 13.0. The lowest BCUT2D eigenvalue weighted by atomic mass is 9.47. The van der Waals surface area contributed by atoms with Crippen molar-refractivity contribution in [3.8, 4) is 0 Å². The van der Waals surface area contributed by atoms with Crippen molar-refractivity contribution in [2.75, 3.05) is 5.32 Å². The first-order valence-electron chi connectivity index (χ1n) is 8.18. The van der Waals surface area contributed by atoms with Crippen molar-refractivity contribution in [2.24, 2.45) is 17.3 Å². The molecule has 2 N–H and O–H groups in total. The molecule has 1 aromatic carbocycles. The fourth-order valence-electron chi connectivity index (χ4n) is 5.46. The molecule has 5 rings (SSSR count). The van der Waals surface area contributed by atoms with Crippen LogP contribution in [0.5, 0.6) is 0 Å². The van der Waals surface area contributed by atoms with Crippen LogP contribution in [-0.2, 0) is 4.79 Å². The number of aliphatic hydroxyl groups is 1. The number of carbonyl (C=O) groups is 1. The van der Waals surface area contributed by atoms with Crippen molar-refractivity contribution in [1.29, 1.82) is 0 Å². The number of benzene rings is 1. The van der Waals surface area contributed by atoms with Gasteiger partial charge in [0.25, 0.3) is 0 Å². The van der Waals surface area contributed by atoms with E-state index in [1.807, 2.05) is 25.1 Å². The van der Waals surface area contributed by atoms with E-state index in [9.17, 15) is 9.90 Å². The summed E-state index contributed by atoms with van der Waals surface area (Å²) in [5.41, 5.74) is 0.748. The molecular formula is C18H22ClNO2. The van der Waals surface area contributed by atoms with Crippen LogP contribution < -0.4 is 5.32 Å². The lowest BCUT2D eigenvalue weighted by Crippen LogP contribution is -2.59. The molecule has 22 heavy (non-hydrogen) atoms. The molecule has 4 fully saturated rings. The molecular weight excluding hydrogens is 298 g/mol. The summed E-state index contributed by atoms with van der Waals surface area (Å²) in [6.07, 6.45) is 5.39. The molecule has 0 radical (unpaired) electrons. The summed E-state index contributed by atoms with van der Waals surface area (Å²) in [7, 11) is 0. The van der Waals surface area contributed by atoms with Gasteiger partial charge < -0.3 is 10.4 Å². The van der Waals surface area contributed by atoms with Gasteiger partial charge in [0.15, 0.2) is 0 Å². The number of aryl methyl sites for hydroxylation is 1. The van der Waals surface area contributed by atoms with Gasteiger partial charge in [-0.1, -0.05) is 17.7 Å². The second-order valence-electron chi connectivity index (χ2n) is 7.90. The van der Waals surface area contributed by atoms with Crippen LogP contribution in [0.3, 0.4) is 0 Å².